The quantitative estimate of drug-likeness (QED) is 0.603. The molecule has 0 aromatic heterocycles. The number of carbonyl (C=O) groups is 2. The molecule has 2 aliphatic heterocycles. The number of likely N-dealkylation sites (tertiary alicyclic amines) is 1. The van der Waals surface area contributed by atoms with Crippen LogP contribution in [0.2, 0.25) is 0 Å². The van der Waals surface area contributed by atoms with E-state index >= 15 is 0 Å². The van der Waals surface area contributed by atoms with E-state index in [2.05, 4.69) is 17.4 Å². The molecule has 0 bridgehead atoms. The lowest BCUT2D eigenvalue weighted by molar-refractivity contribution is -0.120. The smallest absolute Gasteiger partial charge is 0.254 e. The highest BCUT2D eigenvalue weighted by Gasteiger charge is 2.47. The van der Waals surface area contributed by atoms with E-state index in [1.807, 2.05) is 70.9 Å². The van der Waals surface area contributed by atoms with Crippen LogP contribution in [0.1, 0.15) is 59.0 Å². The Balaban J connectivity index is 1.36. The molecule has 3 aliphatic rings. The Bertz CT molecular complexity index is 961. The van der Waals surface area contributed by atoms with Crippen LogP contribution in [0.25, 0.3) is 0 Å². The summed E-state index contributed by atoms with van der Waals surface area (Å²) in [7, 11) is 0. The minimum atomic E-state index is -0.405. The fraction of sp³-hybridized carbons (Fsp3) is 0.462. The van der Waals surface area contributed by atoms with E-state index in [0.29, 0.717) is 16.1 Å². The molecule has 2 aromatic carbocycles. The van der Waals surface area contributed by atoms with E-state index in [1.165, 1.54) is 29.9 Å². The van der Waals surface area contributed by atoms with Gasteiger partial charge in [0.2, 0.25) is 5.91 Å². The van der Waals surface area contributed by atoms with Gasteiger partial charge in [0.05, 0.1) is 4.58 Å². The minimum Gasteiger partial charge on any atom is -0.324 e. The van der Waals surface area contributed by atoms with Gasteiger partial charge in [0, 0.05) is 17.3 Å². The highest BCUT2D eigenvalue weighted by Crippen LogP contribution is 2.44. The molecule has 2 heterocycles. The Morgan fingerprint density at radius 3 is 2.50 bits per heavy atom. The summed E-state index contributed by atoms with van der Waals surface area (Å²) in [6.45, 7) is 0. The number of thioether (sulfide) groups is 2. The van der Waals surface area contributed by atoms with Gasteiger partial charge in [-0.05, 0) is 72.9 Å². The van der Waals surface area contributed by atoms with Gasteiger partial charge in [-0.2, -0.15) is 0 Å². The summed E-state index contributed by atoms with van der Waals surface area (Å²) in [6.07, 6.45) is 6.46. The zero-order chi connectivity index (χ0) is 21.9. The molecule has 32 heavy (non-hydrogen) atoms. The maximum Gasteiger partial charge on any atom is 0.254 e. The third-order valence-electron chi connectivity index (χ3n) is 6.90. The van der Waals surface area contributed by atoms with Gasteiger partial charge in [-0.1, -0.05) is 43.2 Å². The van der Waals surface area contributed by atoms with E-state index in [4.69, 9.17) is 0 Å². The Labute approximate surface area is 198 Å². The summed E-state index contributed by atoms with van der Waals surface area (Å²) in [5.41, 5.74) is 2.76. The first-order chi connectivity index (χ1) is 15.7. The fourth-order valence-electron chi connectivity index (χ4n) is 5.38. The SMILES string of the molecule is O=C(Nc1cccc(C2SCCCS2)c1)C1CC2CCCCC2N1C(=O)c1ccccc1. The molecule has 2 amide bonds. The van der Waals surface area contributed by atoms with Crippen LogP contribution in [0, 0.1) is 5.92 Å². The summed E-state index contributed by atoms with van der Waals surface area (Å²) < 4.78 is 0.436. The van der Waals surface area contributed by atoms with Crippen molar-refractivity contribution in [2.75, 3.05) is 16.8 Å². The molecule has 1 N–H and O–H groups in total. The predicted molar refractivity (Wildman–Crippen MR) is 134 cm³/mol. The van der Waals surface area contributed by atoms with Crippen LogP contribution in [0.5, 0.6) is 0 Å². The van der Waals surface area contributed by atoms with Gasteiger partial charge in [-0.25, -0.2) is 0 Å². The number of rotatable bonds is 4. The van der Waals surface area contributed by atoms with Crippen LogP contribution in [-0.2, 0) is 4.79 Å². The average Bonchev–Trinajstić information content (AvgIpc) is 3.25. The molecular formula is C26H30N2O2S2. The molecule has 0 spiro atoms. The summed E-state index contributed by atoms with van der Waals surface area (Å²) >= 11 is 3.96. The lowest BCUT2D eigenvalue weighted by Crippen LogP contribution is -2.47. The van der Waals surface area contributed by atoms with E-state index in [0.717, 1.165) is 31.4 Å². The summed E-state index contributed by atoms with van der Waals surface area (Å²) in [4.78, 5) is 28.9. The molecule has 1 saturated carbocycles. The highest BCUT2D eigenvalue weighted by atomic mass is 32.2. The van der Waals surface area contributed by atoms with Crippen molar-refractivity contribution in [1.82, 2.24) is 4.90 Å². The Hall–Kier alpha value is -1.92. The molecule has 2 aromatic rings. The zero-order valence-electron chi connectivity index (χ0n) is 18.2. The zero-order valence-corrected chi connectivity index (χ0v) is 19.9. The number of benzene rings is 2. The van der Waals surface area contributed by atoms with Gasteiger partial charge < -0.3 is 10.2 Å². The first-order valence-electron chi connectivity index (χ1n) is 11.7. The lowest BCUT2D eigenvalue weighted by Gasteiger charge is -2.33. The molecule has 3 atom stereocenters. The lowest BCUT2D eigenvalue weighted by atomic mass is 9.84. The number of nitrogens with zero attached hydrogens (tertiary/aromatic N) is 1. The molecule has 5 rings (SSSR count). The molecule has 168 valence electrons. The number of nitrogens with one attached hydrogen (secondary N) is 1. The van der Waals surface area contributed by atoms with Crippen LogP contribution in [-0.4, -0.2) is 40.3 Å². The highest BCUT2D eigenvalue weighted by molar-refractivity contribution is 8.16. The maximum atomic E-state index is 13.5. The second-order valence-electron chi connectivity index (χ2n) is 8.98. The Morgan fingerprint density at radius 1 is 0.906 bits per heavy atom. The maximum absolute atomic E-state index is 13.5. The minimum absolute atomic E-state index is 0.0103. The molecular weight excluding hydrogens is 436 g/mol. The van der Waals surface area contributed by atoms with Gasteiger partial charge in [0.1, 0.15) is 6.04 Å². The number of fused-ring (bicyclic) bond motifs is 1. The fourth-order valence-corrected chi connectivity index (χ4v) is 8.26. The standard InChI is InChI=1S/C26H30N2O2S2/c29-24(27-21-12-6-11-20(16-21)26-31-14-7-15-32-26)23-17-19-10-4-5-13-22(19)28(23)25(30)18-8-2-1-3-9-18/h1-3,6,8-9,11-12,16,19,22-23,26H,4-5,7,10,13-15,17H2,(H,27,29). The van der Waals surface area contributed by atoms with Crippen molar-refractivity contribution in [3.8, 4) is 0 Å². The molecule has 4 nitrogen and oxygen atoms in total. The van der Waals surface area contributed by atoms with Crippen molar-refractivity contribution < 1.29 is 9.59 Å². The van der Waals surface area contributed by atoms with Crippen molar-refractivity contribution in [2.24, 2.45) is 5.92 Å². The van der Waals surface area contributed by atoms with Gasteiger partial charge in [-0.15, -0.1) is 23.5 Å². The number of anilines is 1. The van der Waals surface area contributed by atoms with Crippen molar-refractivity contribution in [1.29, 1.82) is 0 Å². The number of hydrogen-bond donors (Lipinski definition) is 1. The summed E-state index contributed by atoms with van der Waals surface area (Å²) in [5, 5.41) is 3.16. The largest absolute Gasteiger partial charge is 0.324 e. The normalized spacial score (nSPS) is 25.9. The van der Waals surface area contributed by atoms with Crippen molar-refractivity contribution >= 4 is 41.0 Å². The van der Waals surface area contributed by atoms with E-state index < -0.39 is 6.04 Å². The summed E-state index contributed by atoms with van der Waals surface area (Å²) in [5.74, 6) is 2.74. The van der Waals surface area contributed by atoms with E-state index in [1.54, 1.807) is 0 Å². The monoisotopic (exact) mass is 466 g/mol. The van der Waals surface area contributed by atoms with Crippen LogP contribution in [0.15, 0.2) is 54.6 Å². The molecule has 3 fully saturated rings. The van der Waals surface area contributed by atoms with Gasteiger partial charge in [0.25, 0.3) is 5.91 Å². The molecule has 1 aliphatic carbocycles. The topological polar surface area (TPSA) is 49.4 Å². The second kappa shape index (κ2) is 9.92. The molecule has 2 saturated heterocycles. The number of carbonyl (C=O) groups excluding carboxylic acids is 2. The second-order valence-corrected chi connectivity index (χ2v) is 11.7. The Morgan fingerprint density at radius 2 is 1.69 bits per heavy atom. The summed E-state index contributed by atoms with van der Waals surface area (Å²) in [6, 6.07) is 17.4. The predicted octanol–water partition coefficient (Wildman–Crippen LogP) is 5.97. The van der Waals surface area contributed by atoms with E-state index in [-0.39, 0.29) is 17.9 Å². The number of hydrogen-bond acceptors (Lipinski definition) is 4. The van der Waals surface area contributed by atoms with Crippen LogP contribution >= 0.6 is 23.5 Å². The van der Waals surface area contributed by atoms with E-state index in [9.17, 15) is 9.59 Å². The van der Waals surface area contributed by atoms with Crippen molar-refractivity contribution in [3.05, 3.63) is 65.7 Å². The van der Waals surface area contributed by atoms with Gasteiger partial charge in [-0.3, -0.25) is 9.59 Å². The average molecular weight is 467 g/mol. The molecule has 6 heteroatoms. The molecule has 0 radical (unpaired) electrons. The first-order valence-corrected chi connectivity index (χ1v) is 13.8. The first kappa shape index (κ1) is 21.9. The molecule has 3 unspecified atom stereocenters. The van der Waals surface area contributed by atoms with Crippen molar-refractivity contribution in [3.63, 3.8) is 0 Å². The third-order valence-corrected chi connectivity index (χ3v) is 9.91. The van der Waals surface area contributed by atoms with Crippen LogP contribution < -0.4 is 5.32 Å². The van der Waals surface area contributed by atoms with Crippen LogP contribution in [0.3, 0.4) is 0 Å². The Kier molecular flexibility index (Phi) is 6.79. The van der Waals surface area contributed by atoms with Crippen molar-refractivity contribution in [2.45, 2.75) is 55.2 Å². The van der Waals surface area contributed by atoms with Gasteiger partial charge in [0.15, 0.2) is 0 Å². The van der Waals surface area contributed by atoms with Crippen LogP contribution in [0.4, 0.5) is 5.69 Å². The number of amides is 2. The van der Waals surface area contributed by atoms with Gasteiger partial charge >= 0.3 is 0 Å². The third kappa shape index (κ3) is 4.58.